The molecule has 3 heteroatoms. The van der Waals surface area contributed by atoms with E-state index in [9.17, 15) is 4.79 Å². The summed E-state index contributed by atoms with van der Waals surface area (Å²) in [5.74, 6) is 0.0897. The van der Waals surface area contributed by atoms with Crippen LogP contribution in [0.25, 0.3) is 0 Å². The van der Waals surface area contributed by atoms with Crippen molar-refractivity contribution < 1.29 is 33.3 Å². The largest absolute Gasteiger partial charge is 1.00 e. The van der Waals surface area contributed by atoms with Gasteiger partial charge in [-0.15, -0.1) is 0 Å². The molecule has 2 aromatic carbocycles. The standard InChI is InChI=1S/C20H26NO.HI/c1-4-5-15-21(2,3)16-17-11-13-19(14-12-17)20(22)18-9-7-6-8-10-18;/h6-14H,4-5,15-16H2,1-3H3;1H/q+1;/p-1. The normalized spacial score (nSPS) is 10.9. The van der Waals surface area contributed by atoms with Crippen molar-refractivity contribution in [3.8, 4) is 0 Å². The fourth-order valence-corrected chi connectivity index (χ4v) is 2.68. The first kappa shape index (κ1) is 19.8. The zero-order chi connectivity index (χ0) is 16.0. The molecule has 0 spiro atoms. The Labute approximate surface area is 157 Å². The predicted octanol–water partition coefficient (Wildman–Crippen LogP) is 1.30. The predicted molar refractivity (Wildman–Crippen MR) is 91.9 cm³/mol. The lowest BCUT2D eigenvalue weighted by Crippen LogP contribution is -3.00. The molecule has 0 unspecified atom stereocenters. The second-order valence-electron chi connectivity index (χ2n) is 6.56. The van der Waals surface area contributed by atoms with Crippen LogP contribution in [0.3, 0.4) is 0 Å². The van der Waals surface area contributed by atoms with Crippen LogP contribution in [0.2, 0.25) is 0 Å². The summed E-state index contributed by atoms with van der Waals surface area (Å²) in [6.45, 7) is 4.41. The lowest BCUT2D eigenvalue weighted by Gasteiger charge is -2.29. The van der Waals surface area contributed by atoms with Crippen LogP contribution in [-0.2, 0) is 6.54 Å². The number of unbranched alkanes of at least 4 members (excludes halogenated alkanes) is 1. The number of benzene rings is 2. The van der Waals surface area contributed by atoms with Gasteiger partial charge in [-0.2, -0.15) is 0 Å². The van der Waals surface area contributed by atoms with E-state index in [2.05, 4.69) is 33.2 Å². The van der Waals surface area contributed by atoms with E-state index >= 15 is 0 Å². The summed E-state index contributed by atoms with van der Waals surface area (Å²) in [5, 5.41) is 0. The van der Waals surface area contributed by atoms with Crippen molar-refractivity contribution in [2.24, 2.45) is 0 Å². The molecule has 0 N–H and O–H groups in total. The average Bonchev–Trinajstić information content (AvgIpc) is 2.53. The summed E-state index contributed by atoms with van der Waals surface area (Å²) in [5.41, 5.74) is 2.79. The number of carbonyl (C=O) groups is 1. The maximum Gasteiger partial charge on any atom is 0.193 e. The summed E-state index contributed by atoms with van der Waals surface area (Å²) in [7, 11) is 4.53. The van der Waals surface area contributed by atoms with E-state index in [0.29, 0.717) is 0 Å². The van der Waals surface area contributed by atoms with Gasteiger partial charge in [0.15, 0.2) is 5.78 Å². The Morgan fingerprint density at radius 3 is 2.04 bits per heavy atom. The van der Waals surface area contributed by atoms with Crippen molar-refractivity contribution in [2.45, 2.75) is 26.3 Å². The lowest BCUT2D eigenvalue weighted by atomic mass is 10.0. The van der Waals surface area contributed by atoms with E-state index < -0.39 is 0 Å². The molecule has 2 nitrogen and oxygen atoms in total. The Morgan fingerprint density at radius 1 is 0.913 bits per heavy atom. The molecule has 0 aliphatic rings. The van der Waals surface area contributed by atoms with Crippen molar-refractivity contribution in [1.82, 2.24) is 0 Å². The third kappa shape index (κ3) is 6.07. The molecule has 0 atom stereocenters. The fraction of sp³-hybridized carbons (Fsp3) is 0.350. The van der Waals surface area contributed by atoms with Crippen LogP contribution in [0.1, 0.15) is 41.3 Å². The third-order valence-corrected chi connectivity index (χ3v) is 3.98. The Bertz CT molecular complexity index is 605. The molecule has 124 valence electrons. The van der Waals surface area contributed by atoms with Gasteiger partial charge in [-0.05, 0) is 6.42 Å². The van der Waals surface area contributed by atoms with Gasteiger partial charge in [0.05, 0.1) is 20.6 Å². The SMILES string of the molecule is CCCC[N+](C)(C)Cc1ccc(C(=O)c2ccccc2)cc1.[I-]. The van der Waals surface area contributed by atoms with E-state index in [-0.39, 0.29) is 29.8 Å². The highest BCUT2D eigenvalue weighted by atomic mass is 127. The quantitative estimate of drug-likeness (QED) is 0.373. The van der Waals surface area contributed by atoms with Gasteiger partial charge in [0.25, 0.3) is 0 Å². The number of hydrogen-bond acceptors (Lipinski definition) is 1. The lowest BCUT2D eigenvalue weighted by molar-refractivity contribution is -0.903. The average molecular weight is 423 g/mol. The highest BCUT2D eigenvalue weighted by Crippen LogP contribution is 2.14. The van der Waals surface area contributed by atoms with Gasteiger partial charge < -0.3 is 28.5 Å². The number of rotatable bonds is 7. The van der Waals surface area contributed by atoms with Crippen LogP contribution < -0.4 is 24.0 Å². The maximum absolute atomic E-state index is 12.4. The number of halogens is 1. The maximum atomic E-state index is 12.4. The number of nitrogens with zero attached hydrogens (tertiary/aromatic N) is 1. The van der Waals surface area contributed by atoms with Crippen LogP contribution >= 0.6 is 0 Å². The summed E-state index contributed by atoms with van der Waals surface area (Å²) >= 11 is 0. The van der Waals surface area contributed by atoms with Crippen LogP contribution in [0.15, 0.2) is 54.6 Å². The monoisotopic (exact) mass is 423 g/mol. The van der Waals surface area contributed by atoms with Crippen LogP contribution in [0.5, 0.6) is 0 Å². The van der Waals surface area contributed by atoms with Gasteiger partial charge in [0.2, 0.25) is 0 Å². The Hall–Kier alpha value is -1.20. The first-order valence-corrected chi connectivity index (χ1v) is 8.02. The minimum atomic E-state index is 0. The van der Waals surface area contributed by atoms with E-state index in [0.717, 1.165) is 22.2 Å². The van der Waals surface area contributed by atoms with E-state index in [4.69, 9.17) is 0 Å². The second kappa shape index (κ2) is 9.18. The zero-order valence-electron chi connectivity index (χ0n) is 14.3. The molecule has 0 aliphatic carbocycles. The van der Waals surface area contributed by atoms with Gasteiger partial charge in [0.1, 0.15) is 6.54 Å². The smallest absolute Gasteiger partial charge is 0.193 e. The van der Waals surface area contributed by atoms with Gasteiger partial charge >= 0.3 is 0 Å². The first-order valence-electron chi connectivity index (χ1n) is 8.02. The zero-order valence-corrected chi connectivity index (χ0v) is 16.4. The molecule has 0 heterocycles. The van der Waals surface area contributed by atoms with E-state index in [1.54, 1.807) is 0 Å². The molecule has 0 fully saturated rings. The topological polar surface area (TPSA) is 17.1 Å². The molecule has 2 rings (SSSR count). The Balaban J connectivity index is 0.00000264. The molecule has 0 radical (unpaired) electrons. The Kier molecular flexibility index (Phi) is 7.92. The number of hydrogen-bond donors (Lipinski definition) is 0. The molecule has 23 heavy (non-hydrogen) atoms. The van der Waals surface area contributed by atoms with Crippen molar-refractivity contribution in [2.75, 3.05) is 20.6 Å². The Morgan fingerprint density at radius 2 is 1.48 bits per heavy atom. The molecule has 0 aromatic heterocycles. The van der Waals surface area contributed by atoms with Gasteiger partial charge in [-0.25, -0.2) is 0 Å². The minimum Gasteiger partial charge on any atom is -1.00 e. The summed E-state index contributed by atoms with van der Waals surface area (Å²) in [6, 6.07) is 17.5. The van der Waals surface area contributed by atoms with Crippen molar-refractivity contribution in [3.63, 3.8) is 0 Å². The highest BCUT2D eigenvalue weighted by molar-refractivity contribution is 6.08. The summed E-state index contributed by atoms with van der Waals surface area (Å²) < 4.78 is 0.986. The summed E-state index contributed by atoms with van der Waals surface area (Å²) in [4.78, 5) is 12.4. The van der Waals surface area contributed by atoms with Crippen LogP contribution in [0.4, 0.5) is 0 Å². The second-order valence-corrected chi connectivity index (χ2v) is 6.56. The van der Waals surface area contributed by atoms with E-state index in [1.165, 1.54) is 24.9 Å². The van der Waals surface area contributed by atoms with Crippen LogP contribution in [-0.4, -0.2) is 30.9 Å². The summed E-state index contributed by atoms with van der Waals surface area (Å²) in [6.07, 6.45) is 2.48. The van der Waals surface area contributed by atoms with Crippen molar-refractivity contribution >= 4 is 5.78 Å². The van der Waals surface area contributed by atoms with Crippen molar-refractivity contribution in [1.29, 1.82) is 0 Å². The molecule has 0 amide bonds. The first-order chi connectivity index (χ1) is 10.5. The molecule has 0 bridgehead atoms. The van der Waals surface area contributed by atoms with Gasteiger partial charge in [-0.1, -0.05) is 67.9 Å². The molecule has 0 saturated carbocycles. The van der Waals surface area contributed by atoms with E-state index in [1.807, 2.05) is 42.5 Å². The van der Waals surface area contributed by atoms with Gasteiger partial charge in [0, 0.05) is 16.7 Å². The molecule has 0 saturated heterocycles. The molecular weight excluding hydrogens is 397 g/mol. The number of quaternary nitrogens is 1. The highest BCUT2D eigenvalue weighted by Gasteiger charge is 2.15. The molecule has 2 aromatic rings. The minimum absolute atomic E-state index is 0. The molecule has 0 aliphatic heterocycles. The third-order valence-electron chi connectivity index (χ3n) is 3.98. The fourth-order valence-electron chi connectivity index (χ4n) is 2.68. The number of carbonyl (C=O) groups excluding carboxylic acids is 1. The van der Waals surface area contributed by atoms with Gasteiger partial charge in [-0.3, -0.25) is 4.79 Å². The molecular formula is C20H26INO. The van der Waals surface area contributed by atoms with Crippen LogP contribution in [0, 0.1) is 0 Å². The number of ketones is 1. The van der Waals surface area contributed by atoms with Crippen molar-refractivity contribution in [3.05, 3.63) is 71.3 Å².